The van der Waals surface area contributed by atoms with Crippen LogP contribution in [0.15, 0.2) is 30.3 Å². The van der Waals surface area contributed by atoms with Gasteiger partial charge in [-0.25, -0.2) is 4.98 Å². The summed E-state index contributed by atoms with van der Waals surface area (Å²) in [6.07, 6.45) is 1.92. The first-order valence-electron chi connectivity index (χ1n) is 8.86. The molecular weight excluding hydrogens is 328 g/mol. The standard InChI is InChI=1S/C20H22N4O2/c1-12-18(13(2)23-22-12)17-9-6-10-24(17)20(25)16-11-14-7-4-5-8-15(14)19(21-16)26-3/h4-5,7-8,11,17H,6,9-10H2,1-3H3,(H,22,23)/t17-/m0/s1. The third kappa shape index (κ3) is 2.62. The van der Waals surface area contributed by atoms with E-state index in [4.69, 9.17) is 4.74 Å². The largest absolute Gasteiger partial charge is 0.481 e. The van der Waals surface area contributed by atoms with Crippen LogP contribution in [0.3, 0.4) is 0 Å². The van der Waals surface area contributed by atoms with Crippen molar-refractivity contribution in [2.75, 3.05) is 13.7 Å². The van der Waals surface area contributed by atoms with Crippen molar-refractivity contribution in [3.63, 3.8) is 0 Å². The number of pyridine rings is 1. The first-order chi connectivity index (χ1) is 12.6. The zero-order valence-electron chi connectivity index (χ0n) is 15.2. The number of amides is 1. The number of likely N-dealkylation sites (tertiary alicyclic amines) is 1. The Hall–Kier alpha value is -2.89. The first kappa shape index (κ1) is 16.6. The summed E-state index contributed by atoms with van der Waals surface area (Å²) in [5.41, 5.74) is 3.53. The van der Waals surface area contributed by atoms with Gasteiger partial charge in [0.1, 0.15) is 5.69 Å². The van der Waals surface area contributed by atoms with Gasteiger partial charge in [0.25, 0.3) is 5.91 Å². The van der Waals surface area contributed by atoms with Gasteiger partial charge in [0, 0.05) is 23.2 Å². The van der Waals surface area contributed by atoms with E-state index in [0.717, 1.165) is 47.1 Å². The second-order valence-electron chi connectivity index (χ2n) is 6.74. The molecule has 0 radical (unpaired) electrons. The third-order valence-corrected chi connectivity index (χ3v) is 5.15. The maximum Gasteiger partial charge on any atom is 0.273 e. The molecule has 1 fully saturated rings. The van der Waals surface area contributed by atoms with Crippen LogP contribution < -0.4 is 4.74 Å². The van der Waals surface area contributed by atoms with E-state index in [1.54, 1.807) is 7.11 Å². The average Bonchev–Trinajstić information content (AvgIpc) is 3.26. The summed E-state index contributed by atoms with van der Waals surface area (Å²) in [5, 5.41) is 9.19. The van der Waals surface area contributed by atoms with Gasteiger partial charge in [-0.15, -0.1) is 0 Å². The lowest BCUT2D eigenvalue weighted by atomic mass is 10.0. The molecule has 3 heterocycles. The van der Waals surface area contributed by atoms with Gasteiger partial charge < -0.3 is 9.64 Å². The van der Waals surface area contributed by atoms with Crippen molar-refractivity contribution in [3.8, 4) is 5.88 Å². The van der Waals surface area contributed by atoms with E-state index in [9.17, 15) is 4.79 Å². The number of ether oxygens (including phenoxy) is 1. The molecule has 2 aromatic heterocycles. The Labute approximate surface area is 152 Å². The first-order valence-corrected chi connectivity index (χ1v) is 8.86. The number of nitrogens with zero attached hydrogens (tertiary/aromatic N) is 3. The zero-order chi connectivity index (χ0) is 18.3. The normalized spacial score (nSPS) is 17.0. The molecule has 6 nitrogen and oxygen atoms in total. The number of methoxy groups -OCH3 is 1. The van der Waals surface area contributed by atoms with Gasteiger partial charge >= 0.3 is 0 Å². The molecule has 0 aliphatic carbocycles. The van der Waals surface area contributed by atoms with Crippen molar-refractivity contribution >= 4 is 16.7 Å². The van der Waals surface area contributed by atoms with E-state index in [0.29, 0.717) is 11.6 Å². The lowest BCUT2D eigenvalue weighted by Crippen LogP contribution is -2.31. The summed E-state index contributed by atoms with van der Waals surface area (Å²) in [6, 6.07) is 9.71. The lowest BCUT2D eigenvalue weighted by molar-refractivity contribution is 0.0728. The highest BCUT2D eigenvalue weighted by Gasteiger charge is 2.34. The summed E-state index contributed by atoms with van der Waals surface area (Å²) < 4.78 is 5.42. The fraction of sp³-hybridized carbons (Fsp3) is 0.350. The zero-order valence-corrected chi connectivity index (χ0v) is 15.2. The van der Waals surface area contributed by atoms with Crippen LogP contribution in [0.2, 0.25) is 0 Å². The van der Waals surface area contributed by atoms with Crippen molar-refractivity contribution in [1.82, 2.24) is 20.1 Å². The van der Waals surface area contributed by atoms with Crippen molar-refractivity contribution in [3.05, 3.63) is 53.0 Å². The molecule has 26 heavy (non-hydrogen) atoms. The van der Waals surface area contributed by atoms with Gasteiger partial charge in [-0.3, -0.25) is 9.89 Å². The van der Waals surface area contributed by atoms with Gasteiger partial charge in [0.05, 0.1) is 18.8 Å². The van der Waals surface area contributed by atoms with Gasteiger partial charge in [-0.1, -0.05) is 18.2 Å². The lowest BCUT2D eigenvalue weighted by Gasteiger charge is -2.25. The molecule has 6 heteroatoms. The number of carbonyl (C=O) groups is 1. The molecule has 134 valence electrons. The molecule has 1 saturated heterocycles. The molecule has 0 bridgehead atoms. The highest BCUT2D eigenvalue weighted by molar-refractivity contribution is 5.98. The van der Waals surface area contributed by atoms with E-state index in [1.807, 2.05) is 49.1 Å². The van der Waals surface area contributed by atoms with Crippen LogP contribution in [0.4, 0.5) is 0 Å². The minimum atomic E-state index is -0.0587. The fourth-order valence-electron chi connectivity index (χ4n) is 3.94. The average molecular weight is 350 g/mol. The quantitative estimate of drug-likeness (QED) is 0.784. The Balaban J connectivity index is 1.74. The number of rotatable bonds is 3. The summed E-state index contributed by atoms with van der Waals surface area (Å²) in [5.74, 6) is 0.425. The number of benzene rings is 1. The minimum absolute atomic E-state index is 0.0421. The van der Waals surface area contributed by atoms with E-state index in [2.05, 4.69) is 15.2 Å². The molecule has 1 N–H and O–H groups in total. The second kappa shape index (κ2) is 6.44. The molecule has 1 aliphatic rings. The Bertz CT molecular complexity index is 960. The van der Waals surface area contributed by atoms with E-state index >= 15 is 0 Å². The van der Waals surface area contributed by atoms with Crippen molar-refractivity contribution < 1.29 is 9.53 Å². The van der Waals surface area contributed by atoms with E-state index < -0.39 is 0 Å². The molecule has 3 aromatic rings. The van der Waals surface area contributed by atoms with Crippen molar-refractivity contribution in [2.24, 2.45) is 0 Å². The van der Waals surface area contributed by atoms with Crippen LogP contribution in [-0.2, 0) is 0 Å². The van der Waals surface area contributed by atoms with Crippen LogP contribution in [0.5, 0.6) is 5.88 Å². The number of carbonyl (C=O) groups excluding carboxylic acids is 1. The van der Waals surface area contributed by atoms with Crippen LogP contribution in [0.25, 0.3) is 10.8 Å². The highest BCUT2D eigenvalue weighted by atomic mass is 16.5. The number of aromatic nitrogens is 3. The summed E-state index contributed by atoms with van der Waals surface area (Å²) >= 11 is 0. The monoisotopic (exact) mass is 350 g/mol. The van der Waals surface area contributed by atoms with E-state index in [1.165, 1.54) is 0 Å². The topological polar surface area (TPSA) is 71.1 Å². The van der Waals surface area contributed by atoms with Gasteiger partial charge in [-0.05, 0) is 44.2 Å². The number of H-pyrrole nitrogens is 1. The van der Waals surface area contributed by atoms with E-state index in [-0.39, 0.29) is 11.9 Å². The van der Waals surface area contributed by atoms with Gasteiger partial charge in [0.2, 0.25) is 5.88 Å². The number of aryl methyl sites for hydroxylation is 2. The van der Waals surface area contributed by atoms with Crippen LogP contribution in [0.1, 0.15) is 46.3 Å². The summed E-state index contributed by atoms with van der Waals surface area (Å²) in [4.78, 5) is 19.7. The number of nitrogens with one attached hydrogen (secondary N) is 1. The Morgan fingerprint density at radius 3 is 2.85 bits per heavy atom. The molecule has 0 spiro atoms. The van der Waals surface area contributed by atoms with Crippen molar-refractivity contribution in [1.29, 1.82) is 0 Å². The molecule has 1 atom stereocenters. The fourth-order valence-corrected chi connectivity index (χ4v) is 3.94. The number of aromatic amines is 1. The van der Waals surface area contributed by atoms with Crippen molar-refractivity contribution in [2.45, 2.75) is 32.7 Å². The highest BCUT2D eigenvalue weighted by Crippen LogP contribution is 2.36. The Kier molecular flexibility index (Phi) is 4.11. The van der Waals surface area contributed by atoms with Gasteiger partial charge in [0.15, 0.2) is 0 Å². The predicted octanol–water partition coefficient (Wildman–Crippen LogP) is 3.56. The molecule has 1 amide bonds. The SMILES string of the molecule is COc1nc(C(=O)N2CCC[C@H]2c2c(C)n[nH]c2C)cc2ccccc12. The Morgan fingerprint density at radius 1 is 1.31 bits per heavy atom. The number of hydrogen-bond donors (Lipinski definition) is 1. The number of fused-ring (bicyclic) bond motifs is 1. The maximum absolute atomic E-state index is 13.3. The van der Waals surface area contributed by atoms with Crippen LogP contribution >= 0.6 is 0 Å². The summed E-state index contributed by atoms with van der Waals surface area (Å²) in [7, 11) is 1.58. The smallest absolute Gasteiger partial charge is 0.273 e. The minimum Gasteiger partial charge on any atom is -0.481 e. The molecule has 1 aromatic carbocycles. The molecule has 0 unspecified atom stereocenters. The molecule has 1 aliphatic heterocycles. The summed E-state index contributed by atoms with van der Waals surface area (Å²) in [6.45, 7) is 4.72. The van der Waals surface area contributed by atoms with Crippen LogP contribution in [-0.4, -0.2) is 39.6 Å². The van der Waals surface area contributed by atoms with Crippen LogP contribution in [0, 0.1) is 13.8 Å². The molecule has 4 rings (SSSR count). The Morgan fingerprint density at radius 2 is 2.12 bits per heavy atom. The second-order valence-corrected chi connectivity index (χ2v) is 6.74. The predicted molar refractivity (Wildman–Crippen MR) is 99.4 cm³/mol. The molecule has 0 saturated carbocycles. The molecular formula is C20H22N4O2. The van der Waals surface area contributed by atoms with Gasteiger partial charge in [-0.2, -0.15) is 5.10 Å². The third-order valence-electron chi connectivity index (χ3n) is 5.15. The number of hydrogen-bond acceptors (Lipinski definition) is 4. The maximum atomic E-state index is 13.3.